The van der Waals surface area contributed by atoms with E-state index in [1.54, 1.807) is 6.07 Å². The summed E-state index contributed by atoms with van der Waals surface area (Å²) in [4.78, 5) is 10.9. The van der Waals surface area contributed by atoms with Crippen molar-refractivity contribution in [3.63, 3.8) is 0 Å². The van der Waals surface area contributed by atoms with Crippen molar-refractivity contribution in [2.45, 2.75) is 0 Å². The molecule has 0 spiro atoms. The summed E-state index contributed by atoms with van der Waals surface area (Å²) < 4.78 is 2.95. The van der Waals surface area contributed by atoms with Crippen molar-refractivity contribution in [1.29, 1.82) is 0 Å². The number of aldehydes is 1. The minimum Gasteiger partial charge on any atom is -0.314 e. The van der Waals surface area contributed by atoms with E-state index in [0.717, 1.165) is 21.8 Å². The summed E-state index contributed by atoms with van der Waals surface area (Å²) in [5, 5.41) is 2.33. The molecule has 2 aromatic carbocycles. The molecule has 0 unspecified atom stereocenters. The second-order valence-corrected chi connectivity index (χ2v) is 5.01. The van der Waals surface area contributed by atoms with E-state index < -0.39 is 0 Å². The number of hydrogen-bond donors (Lipinski definition) is 0. The summed E-state index contributed by atoms with van der Waals surface area (Å²) in [5.74, 6) is 0. The molecule has 0 fully saturated rings. The largest absolute Gasteiger partial charge is 0.314 e. The van der Waals surface area contributed by atoms with Crippen LogP contribution < -0.4 is 0 Å². The SMILES string of the molecule is O=Cc1cccn1-c1ccc2cc(Br)ccc2c1. The van der Waals surface area contributed by atoms with Crippen molar-refractivity contribution in [3.8, 4) is 5.69 Å². The minimum absolute atomic E-state index is 0.659. The average Bonchev–Trinajstić information content (AvgIpc) is 2.86. The fraction of sp³-hybridized carbons (Fsp3) is 0. The highest BCUT2D eigenvalue weighted by atomic mass is 79.9. The number of benzene rings is 2. The van der Waals surface area contributed by atoms with Gasteiger partial charge in [-0.25, -0.2) is 0 Å². The maximum absolute atomic E-state index is 10.9. The van der Waals surface area contributed by atoms with Crippen LogP contribution in [0.5, 0.6) is 0 Å². The molecule has 0 aliphatic carbocycles. The number of halogens is 1. The molecule has 0 saturated carbocycles. The third-order valence-corrected chi connectivity index (χ3v) is 3.46. The molecule has 0 N–H and O–H groups in total. The van der Waals surface area contributed by atoms with E-state index in [1.165, 1.54) is 5.39 Å². The average molecular weight is 300 g/mol. The quantitative estimate of drug-likeness (QED) is 0.650. The van der Waals surface area contributed by atoms with Gasteiger partial charge >= 0.3 is 0 Å². The number of rotatable bonds is 2. The van der Waals surface area contributed by atoms with Crippen LogP contribution in [0.25, 0.3) is 16.5 Å². The predicted molar refractivity (Wildman–Crippen MR) is 76.4 cm³/mol. The normalized spacial score (nSPS) is 10.7. The molecular weight excluding hydrogens is 290 g/mol. The second-order valence-electron chi connectivity index (χ2n) is 4.10. The van der Waals surface area contributed by atoms with Gasteiger partial charge in [0, 0.05) is 16.4 Å². The number of carbonyl (C=O) groups is 1. The monoisotopic (exact) mass is 299 g/mol. The maximum Gasteiger partial charge on any atom is 0.166 e. The molecule has 88 valence electrons. The van der Waals surface area contributed by atoms with E-state index >= 15 is 0 Å². The number of nitrogens with zero attached hydrogens (tertiary/aromatic N) is 1. The van der Waals surface area contributed by atoms with E-state index in [1.807, 2.05) is 29.0 Å². The van der Waals surface area contributed by atoms with Crippen LogP contribution in [0.3, 0.4) is 0 Å². The van der Waals surface area contributed by atoms with Crippen LogP contribution in [0.4, 0.5) is 0 Å². The van der Waals surface area contributed by atoms with Crippen LogP contribution >= 0.6 is 15.9 Å². The van der Waals surface area contributed by atoms with Gasteiger partial charge in [-0.15, -0.1) is 0 Å². The lowest BCUT2D eigenvalue weighted by molar-refractivity contribution is 0.111. The predicted octanol–water partition coefficient (Wildman–Crippen LogP) is 4.21. The molecule has 0 bridgehead atoms. The summed E-state index contributed by atoms with van der Waals surface area (Å²) in [6.07, 6.45) is 2.76. The Labute approximate surface area is 113 Å². The van der Waals surface area contributed by atoms with Gasteiger partial charge < -0.3 is 4.57 Å². The Morgan fingerprint density at radius 3 is 2.61 bits per heavy atom. The number of hydrogen-bond acceptors (Lipinski definition) is 1. The maximum atomic E-state index is 10.9. The smallest absolute Gasteiger partial charge is 0.166 e. The summed E-state index contributed by atoms with van der Waals surface area (Å²) in [5.41, 5.74) is 1.66. The molecular formula is C15H10BrNO. The summed E-state index contributed by atoms with van der Waals surface area (Å²) in [6, 6.07) is 16.0. The molecule has 0 aliphatic heterocycles. The Morgan fingerprint density at radius 1 is 1.00 bits per heavy atom. The van der Waals surface area contributed by atoms with Crippen LogP contribution in [-0.4, -0.2) is 10.9 Å². The van der Waals surface area contributed by atoms with Gasteiger partial charge in [0.05, 0.1) is 5.69 Å². The summed E-state index contributed by atoms with van der Waals surface area (Å²) in [6.45, 7) is 0. The Bertz CT molecular complexity index is 730. The van der Waals surface area contributed by atoms with Crippen molar-refractivity contribution >= 4 is 33.0 Å². The van der Waals surface area contributed by atoms with Gasteiger partial charge in [-0.2, -0.15) is 0 Å². The number of fused-ring (bicyclic) bond motifs is 1. The highest BCUT2D eigenvalue weighted by Gasteiger charge is 2.03. The van der Waals surface area contributed by atoms with Crippen molar-refractivity contribution in [2.24, 2.45) is 0 Å². The highest BCUT2D eigenvalue weighted by molar-refractivity contribution is 9.10. The topological polar surface area (TPSA) is 22.0 Å². The van der Waals surface area contributed by atoms with Crippen LogP contribution in [0, 0.1) is 0 Å². The zero-order valence-corrected chi connectivity index (χ0v) is 11.1. The molecule has 1 heterocycles. The first-order valence-corrected chi connectivity index (χ1v) is 6.39. The Kier molecular flexibility index (Phi) is 2.76. The lowest BCUT2D eigenvalue weighted by atomic mass is 10.1. The molecule has 0 aliphatic rings. The third-order valence-electron chi connectivity index (χ3n) is 2.97. The molecule has 1 aromatic heterocycles. The van der Waals surface area contributed by atoms with Gasteiger partial charge in [0.25, 0.3) is 0 Å². The van der Waals surface area contributed by atoms with E-state index in [4.69, 9.17) is 0 Å². The van der Waals surface area contributed by atoms with Crippen molar-refractivity contribution < 1.29 is 4.79 Å². The fourth-order valence-electron chi connectivity index (χ4n) is 2.08. The number of carbonyl (C=O) groups excluding carboxylic acids is 1. The molecule has 0 radical (unpaired) electrons. The van der Waals surface area contributed by atoms with Gasteiger partial charge in [0.2, 0.25) is 0 Å². The lowest BCUT2D eigenvalue weighted by Crippen LogP contribution is -1.96. The molecule has 18 heavy (non-hydrogen) atoms. The van der Waals surface area contributed by atoms with E-state index in [9.17, 15) is 4.79 Å². The zero-order chi connectivity index (χ0) is 12.5. The molecule has 3 rings (SSSR count). The summed E-state index contributed by atoms with van der Waals surface area (Å²) >= 11 is 3.46. The lowest BCUT2D eigenvalue weighted by Gasteiger charge is -2.07. The molecule has 3 heteroatoms. The van der Waals surface area contributed by atoms with Gasteiger partial charge in [0.15, 0.2) is 6.29 Å². The first kappa shape index (κ1) is 11.2. The highest BCUT2D eigenvalue weighted by Crippen LogP contribution is 2.23. The molecule has 2 nitrogen and oxygen atoms in total. The van der Waals surface area contributed by atoms with Crippen LogP contribution in [0.2, 0.25) is 0 Å². The van der Waals surface area contributed by atoms with E-state index in [0.29, 0.717) is 5.69 Å². The molecule has 0 saturated heterocycles. The van der Waals surface area contributed by atoms with Crippen molar-refractivity contribution in [2.75, 3.05) is 0 Å². The third kappa shape index (κ3) is 1.87. The standard InChI is InChI=1S/C15H10BrNO/c16-13-5-3-12-9-14(6-4-11(12)8-13)17-7-1-2-15(17)10-18/h1-10H. The molecule has 0 atom stereocenters. The minimum atomic E-state index is 0.659. The van der Waals surface area contributed by atoms with Gasteiger partial charge in [-0.3, -0.25) is 4.79 Å². The summed E-state index contributed by atoms with van der Waals surface area (Å²) in [7, 11) is 0. The molecule has 0 amide bonds. The van der Waals surface area contributed by atoms with E-state index in [2.05, 4.69) is 40.2 Å². The van der Waals surface area contributed by atoms with Crippen molar-refractivity contribution in [3.05, 3.63) is 64.9 Å². The Morgan fingerprint density at radius 2 is 1.78 bits per heavy atom. The number of aromatic nitrogens is 1. The van der Waals surface area contributed by atoms with Crippen molar-refractivity contribution in [1.82, 2.24) is 4.57 Å². The van der Waals surface area contributed by atoms with Crippen LogP contribution in [-0.2, 0) is 0 Å². The first-order chi connectivity index (χ1) is 8.78. The van der Waals surface area contributed by atoms with Gasteiger partial charge in [-0.1, -0.05) is 28.1 Å². The van der Waals surface area contributed by atoms with Crippen LogP contribution in [0.15, 0.2) is 59.2 Å². The zero-order valence-electron chi connectivity index (χ0n) is 9.51. The van der Waals surface area contributed by atoms with Gasteiger partial charge in [-0.05, 0) is 47.2 Å². The Hall–Kier alpha value is -1.87. The fourth-order valence-corrected chi connectivity index (χ4v) is 2.46. The molecule has 3 aromatic rings. The van der Waals surface area contributed by atoms with E-state index in [-0.39, 0.29) is 0 Å². The first-order valence-electron chi connectivity index (χ1n) is 5.60. The van der Waals surface area contributed by atoms with Crippen LogP contribution in [0.1, 0.15) is 10.5 Å². The van der Waals surface area contributed by atoms with Gasteiger partial charge in [0.1, 0.15) is 0 Å². The Balaban J connectivity index is 2.19. The second kappa shape index (κ2) is 4.42.